The highest BCUT2D eigenvalue weighted by molar-refractivity contribution is 5.68. The largest absolute Gasteiger partial charge is 0.198 e. The minimum atomic E-state index is -0.0728. The van der Waals surface area contributed by atoms with Crippen molar-refractivity contribution in [2.24, 2.45) is 0 Å². The van der Waals surface area contributed by atoms with Crippen LogP contribution in [-0.2, 0) is 0 Å². The maximum Gasteiger partial charge on any atom is 0.0701 e. The van der Waals surface area contributed by atoms with Gasteiger partial charge in [-0.05, 0) is 23.6 Å². The standard InChI is InChI=1S/C15H13N/c1-12(11-16)14-9-5-6-10-15(14)13-7-3-2-4-8-13/h2-10,12H,1H3/t12-/m1/s1. The van der Waals surface area contributed by atoms with Crippen LogP contribution in [0.4, 0.5) is 0 Å². The zero-order chi connectivity index (χ0) is 11.4. The SMILES string of the molecule is C[C@H](C#N)c1ccccc1-c1ccccc1. The molecule has 0 bridgehead atoms. The van der Waals surface area contributed by atoms with Crippen LogP contribution in [-0.4, -0.2) is 0 Å². The van der Waals surface area contributed by atoms with Crippen molar-refractivity contribution >= 4 is 0 Å². The highest BCUT2D eigenvalue weighted by Crippen LogP contribution is 2.28. The average molecular weight is 207 g/mol. The van der Waals surface area contributed by atoms with Gasteiger partial charge >= 0.3 is 0 Å². The Hall–Kier alpha value is -2.07. The summed E-state index contributed by atoms with van der Waals surface area (Å²) in [7, 11) is 0. The molecule has 16 heavy (non-hydrogen) atoms. The zero-order valence-electron chi connectivity index (χ0n) is 9.22. The van der Waals surface area contributed by atoms with Gasteiger partial charge in [0.1, 0.15) is 0 Å². The monoisotopic (exact) mass is 207 g/mol. The molecule has 0 spiro atoms. The second-order valence-corrected chi connectivity index (χ2v) is 3.80. The van der Waals surface area contributed by atoms with E-state index in [1.54, 1.807) is 0 Å². The Morgan fingerprint density at radius 1 is 0.938 bits per heavy atom. The minimum Gasteiger partial charge on any atom is -0.198 e. The van der Waals surface area contributed by atoms with Gasteiger partial charge in [0.05, 0.1) is 12.0 Å². The number of benzene rings is 2. The number of hydrogen-bond acceptors (Lipinski definition) is 1. The fourth-order valence-corrected chi connectivity index (χ4v) is 1.82. The second-order valence-electron chi connectivity index (χ2n) is 3.80. The van der Waals surface area contributed by atoms with Crippen molar-refractivity contribution in [3.63, 3.8) is 0 Å². The highest BCUT2D eigenvalue weighted by atomic mass is 14.3. The Balaban J connectivity index is 2.54. The van der Waals surface area contributed by atoms with Crippen molar-refractivity contribution < 1.29 is 0 Å². The molecule has 0 heterocycles. The zero-order valence-corrected chi connectivity index (χ0v) is 9.22. The maximum atomic E-state index is 9.01. The normalized spacial score (nSPS) is 11.8. The van der Waals surface area contributed by atoms with E-state index in [9.17, 15) is 0 Å². The first kappa shape index (κ1) is 10.4. The summed E-state index contributed by atoms with van der Waals surface area (Å²) in [6, 6.07) is 20.6. The highest BCUT2D eigenvalue weighted by Gasteiger charge is 2.09. The molecule has 0 saturated carbocycles. The molecule has 0 unspecified atom stereocenters. The second kappa shape index (κ2) is 4.63. The topological polar surface area (TPSA) is 23.8 Å². The minimum absolute atomic E-state index is 0.0728. The quantitative estimate of drug-likeness (QED) is 0.730. The Labute approximate surface area is 96.0 Å². The van der Waals surface area contributed by atoms with E-state index in [-0.39, 0.29) is 5.92 Å². The molecule has 78 valence electrons. The van der Waals surface area contributed by atoms with Crippen molar-refractivity contribution in [1.82, 2.24) is 0 Å². The van der Waals surface area contributed by atoms with Gasteiger partial charge in [0, 0.05) is 0 Å². The molecule has 2 aromatic carbocycles. The number of nitriles is 1. The van der Waals surface area contributed by atoms with E-state index in [1.165, 1.54) is 5.56 Å². The van der Waals surface area contributed by atoms with Crippen LogP contribution in [0.25, 0.3) is 11.1 Å². The van der Waals surface area contributed by atoms with E-state index in [0.717, 1.165) is 11.1 Å². The van der Waals surface area contributed by atoms with Crippen LogP contribution in [0.15, 0.2) is 54.6 Å². The predicted octanol–water partition coefficient (Wildman–Crippen LogP) is 3.98. The molecule has 0 N–H and O–H groups in total. The summed E-state index contributed by atoms with van der Waals surface area (Å²) in [5, 5.41) is 9.01. The lowest BCUT2D eigenvalue weighted by Crippen LogP contribution is -1.93. The van der Waals surface area contributed by atoms with Crippen LogP contribution in [0.3, 0.4) is 0 Å². The molecule has 1 nitrogen and oxygen atoms in total. The van der Waals surface area contributed by atoms with Gasteiger partial charge < -0.3 is 0 Å². The first-order chi connectivity index (χ1) is 7.83. The van der Waals surface area contributed by atoms with Crippen molar-refractivity contribution in [2.75, 3.05) is 0 Å². The van der Waals surface area contributed by atoms with E-state index in [4.69, 9.17) is 5.26 Å². The van der Waals surface area contributed by atoms with Gasteiger partial charge in [-0.15, -0.1) is 0 Å². The first-order valence-electron chi connectivity index (χ1n) is 5.37. The third-order valence-corrected chi connectivity index (χ3v) is 2.71. The Morgan fingerprint density at radius 2 is 1.56 bits per heavy atom. The van der Waals surface area contributed by atoms with Crippen molar-refractivity contribution in [3.05, 3.63) is 60.2 Å². The van der Waals surface area contributed by atoms with Gasteiger partial charge in [-0.1, -0.05) is 54.6 Å². The van der Waals surface area contributed by atoms with Crippen LogP contribution in [0.2, 0.25) is 0 Å². The molecular formula is C15H13N. The van der Waals surface area contributed by atoms with E-state index in [2.05, 4.69) is 24.3 Å². The third kappa shape index (κ3) is 1.97. The molecule has 0 aliphatic carbocycles. The maximum absolute atomic E-state index is 9.01. The van der Waals surface area contributed by atoms with Gasteiger partial charge in [-0.25, -0.2) is 0 Å². The third-order valence-electron chi connectivity index (χ3n) is 2.71. The van der Waals surface area contributed by atoms with Crippen molar-refractivity contribution in [1.29, 1.82) is 5.26 Å². The van der Waals surface area contributed by atoms with Crippen LogP contribution in [0, 0.1) is 11.3 Å². The molecule has 0 fully saturated rings. The van der Waals surface area contributed by atoms with E-state index >= 15 is 0 Å². The van der Waals surface area contributed by atoms with Gasteiger partial charge in [0.15, 0.2) is 0 Å². The van der Waals surface area contributed by atoms with Crippen molar-refractivity contribution in [3.8, 4) is 17.2 Å². The number of hydrogen-bond donors (Lipinski definition) is 0. The first-order valence-corrected chi connectivity index (χ1v) is 5.37. The van der Waals surface area contributed by atoms with E-state index < -0.39 is 0 Å². The fourth-order valence-electron chi connectivity index (χ4n) is 1.82. The summed E-state index contributed by atoms with van der Waals surface area (Å²) in [6.07, 6.45) is 0. The summed E-state index contributed by atoms with van der Waals surface area (Å²) in [5.74, 6) is -0.0728. The molecule has 2 rings (SSSR count). The van der Waals surface area contributed by atoms with Gasteiger partial charge in [-0.2, -0.15) is 5.26 Å². The Morgan fingerprint density at radius 3 is 2.25 bits per heavy atom. The van der Waals surface area contributed by atoms with Gasteiger partial charge in [-0.3, -0.25) is 0 Å². The van der Waals surface area contributed by atoms with Crippen LogP contribution < -0.4 is 0 Å². The van der Waals surface area contributed by atoms with E-state index in [0.29, 0.717) is 0 Å². The molecule has 0 radical (unpaired) electrons. The summed E-state index contributed by atoms with van der Waals surface area (Å²) >= 11 is 0. The van der Waals surface area contributed by atoms with Crippen LogP contribution in [0.5, 0.6) is 0 Å². The van der Waals surface area contributed by atoms with Crippen molar-refractivity contribution in [2.45, 2.75) is 12.8 Å². The number of nitrogens with zero attached hydrogens (tertiary/aromatic N) is 1. The molecule has 0 aliphatic rings. The van der Waals surface area contributed by atoms with Crippen LogP contribution in [0.1, 0.15) is 18.4 Å². The average Bonchev–Trinajstić information content (AvgIpc) is 2.39. The van der Waals surface area contributed by atoms with Crippen LogP contribution >= 0.6 is 0 Å². The molecule has 1 atom stereocenters. The van der Waals surface area contributed by atoms with E-state index in [1.807, 2.05) is 43.3 Å². The molecule has 0 saturated heterocycles. The summed E-state index contributed by atoms with van der Waals surface area (Å²) in [6.45, 7) is 1.93. The predicted molar refractivity (Wildman–Crippen MR) is 65.9 cm³/mol. The molecule has 0 aliphatic heterocycles. The Bertz CT molecular complexity index is 508. The molecule has 2 aromatic rings. The van der Waals surface area contributed by atoms with Gasteiger partial charge in [0.25, 0.3) is 0 Å². The fraction of sp³-hybridized carbons (Fsp3) is 0.133. The lowest BCUT2D eigenvalue weighted by molar-refractivity contribution is 0.984. The summed E-state index contributed by atoms with van der Waals surface area (Å²) in [4.78, 5) is 0. The summed E-state index contributed by atoms with van der Waals surface area (Å²) < 4.78 is 0. The Kier molecular flexibility index (Phi) is 3.03. The smallest absolute Gasteiger partial charge is 0.0701 e. The molecule has 0 amide bonds. The lowest BCUT2D eigenvalue weighted by Gasteiger charge is -2.10. The number of rotatable bonds is 2. The van der Waals surface area contributed by atoms with Gasteiger partial charge in [0.2, 0.25) is 0 Å². The molecular weight excluding hydrogens is 194 g/mol. The lowest BCUT2D eigenvalue weighted by atomic mass is 9.92. The summed E-state index contributed by atoms with van der Waals surface area (Å²) in [5.41, 5.74) is 3.41. The molecule has 1 heteroatoms. The molecule has 0 aromatic heterocycles.